The van der Waals surface area contributed by atoms with E-state index in [9.17, 15) is 28.7 Å². The molecular formula is C23H18FNO6. The summed E-state index contributed by atoms with van der Waals surface area (Å²) < 4.78 is 17.9. The highest BCUT2D eigenvalue weighted by molar-refractivity contribution is 6.22. The molecule has 1 aliphatic heterocycles. The van der Waals surface area contributed by atoms with Crippen LogP contribution in [0.5, 0.6) is 5.75 Å². The molecule has 2 aliphatic rings. The Morgan fingerprint density at radius 1 is 1.00 bits per heavy atom. The van der Waals surface area contributed by atoms with Gasteiger partial charge in [-0.15, -0.1) is 0 Å². The number of allylic oxidation sites excluding steroid dienone is 2. The fraction of sp³-hybridized carbons (Fsp3) is 0.217. The lowest BCUT2D eigenvalue weighted by atomic mass is 9.85. The van der Waals surface area contributed by atoms with Crippen molar-refractivity contribution in [1.82, 2.24) is 0 Å². The number of amides is 2. The molecule has 2 aromatic rings. The van der Waals surface area contributed by atoms with Crippen molar-refractivity contribution in [3.63, 3.8) is 0 Å². The molecule has 2 atom stereocenters. The van der Waals surface area contributed by atoms with Crippen LogP contribution >= 0.6 is 0 Å². The van der Waals surface area contributed by atoms with E-state index in [-0.39, 0.29) is 28.6 Å². The van der Waals surface area contributed by atoms with Crippen molar-refractivity contribution in [1.29, 1.82) is 0 Å². The smallest absolute Gasteiger partial charge is 0.342 e. The summed E-state index contributed by atoms with van der Waals surface area (Å²) in [6.45, 7) is -0.620. The van der Waals surface area contributed by atoms with Gasteiger partial charge in [-0.2, -0.15) is 0 Å². The Kier molecular flexibility index (Phi) is 5.37. The van der Waals surface area contributed by atoms with E-state index in [1.54, 1.807) is 0 Å². The van der Waals surface area contributed by atoms with Gasteiger partial charge in [-0.25, -0.2) is 9.18 Å². The minimum absolute atomic E-state index is 0.152. The molecule has 1 fully saturated rings. The Balaban J connectivity index is 1.50. The first kappa shape index (κ1) is 20.5. The zero-order valence-electron chi connectivity index (χ0n) is 16.3. The number of hydrogen-bond acceptors (Lipinski definition) is 6. The number of carbonyl (C=O) groups excluding carboxylic acids is 4. The minimum atomic E-state index is -0.993. The zero-order valence-corrected chi connectivity index (χ0v) is 16.3. The van der Waals surface area contributed by atoms with Crippen molar-refractivity contribution in [2.24, 2.45) is 11.8 Å². The highest BCUT2D eigenvalue weighted by Gasteiger charge is 2.48. The predicted molar refractivity (Wildman–Crippen MR) is 107 cm³/mol. The van der Waals surface area contributed by atoms with Gasteiger partial charge in [0.05, 0.1) is 17.5 Å². The maximum Gasteiger partial charge on any atom is 0.342 e. The van der Waals surface area contributed by atoms with Gasteiger partial charge in [0.2, 0.25) is 11.8 Å². The number of aromatic hydroxyl groups is 1. The molecule has 2 aromatic carbocycles. The van der Waals surface area contributed by atoms with Crippen LogP contribution in [0.25, 0.3) is 0 Å². The number of nitrogens with zero attached hydrogens (tertiary/aromatic N) is 1. The fourth-order valence-corrected chi connectivity index (χ4v) is 3.81. The number of halogens is 1. The summed E-state index contributed by atoms with van der Waals surface area (Å²) in [7, 11) is 0. The third kappa shape index (κ3) is 3.84. The average Bonchev–Trinajstić information content (AvgIpc) is 3.03. The minimum Gasteiger partial charge on any atom is -0.507 e. The summed E-state index contributed by atoms with van der Waals surface area (Å²) in [4.78, 5) is 51.1. The topological polar surface area (TPSA) is 101 Å². The lowest BCUT2D eigenvalue weighted by molar-refractivity contribution is -0.122. The van der Waals surface area contributed by atoms with E-state index in [0.717, 1.165) is 17.0 Å². The number of rotatable bonds is 5. The van der Waals surface area contributed by atoms with E-state index in [0.29, 0.717) is 12.8 Å². The lowest BCUT2D eigenvalue weighted by Crippen LogP contribution is -2.31. The standard InChI is InChI=1S/C23H18FNO6/c24-14-7-5-13(6-8-14)20(27)12-31-23(30)18-11-15(9-10-19(18)26)25-21(28)16-3-1-2-4-17(16)22(25)29/h1-2,5-11,16-17,26H,3-4,12H2/t16-,17+. The average molecular weight is 423 g/mol. The van der Waals surface area contributed by atoms with E-state index >= 15 is 0 Å². The third-order valence-electron chi connectivity index (χ3n) is 5.47. The van der Waals surface area contributed by atoms with Crippen molar-refractivity contribution in [3.05, 3.63) is 71.6 Å². The quantitative estimate of drug-likeness (QED) is 0.343. The number of imide groups is 1. The number of Topliss-reactive ketones (excluding diaryl/α,β-unsaturated/α-hetero) is 1. The van der Waals surface area contributed by atoms with Gasteiger partial charge < -0.3 is 9.84 Å². The molecule has 1 N–H and O–H groups in total. The first-order valence-corrected chi connectivity index (χ1v) is 9.68. The second-order valence-electron chi connectivity index (χ2n) is 7.38. The summed E-state index contributed by atoms with van der Waals surface area (Å²) in [6.07, 6.45) is 4.69. The summed E-state index contributed by atoms with van der Waals surface area (Å²) in [6, 6.07) is 8.51. The normalized spacial score (nSPS) is 20.0. The van der Waals surface area contributed by atoms with Gasteiger partial charge in [-0.05, 0) is 55.3 Å². The van der Waals surface area contributed by atoms with E-state index in [4.69, 9.17) is 4.74 Å². The first-order chi connectivity index (χ1) is 14.9. The summed E-state index contributed by atoms with van der Waals surface area (Å²) in [5.74, 6) is -4.03. The molecule has 1 saturated heterocycles. The van der Waals surface area contributed by atoms with Crippen LogP contribution in [0.4, 0.5) is 10.1 Å². The lowest BCUT2D eigenvalue weighted by Gasteiger charge is -2.16. The molecule has 4 rings (SSSR count). The van der Waals surface area contributed by atoms with E-state index < -0.39 is 41.8 Å². The van der Waals surface area contributed by atoms with Crippen LogP contribution in [0.15, 0.2) is 54.6 Å². The Labute approximate surface area is 176 Å². The molecular weight excluding hydrogens is 405 g/mol. The highest BCUT2D eigenvalue weighted by atomic mass is 19.1. The van der Waals surface area contributed by atoms with Gasteiger partial charge in [-0.1, -0.05) is 12.2 Å². The number of fused-ring (bicyclic) bond motifs is 1. The summed E-state index contributed by atoms with van der Waals surface area (Å²) in [5.41, 5.74) is 0.0358. The third-order valence-corrected chi connectivity index (χ3v) is 5.47. The maximum absolute atomic E-state index is 13.0. The Bertz CT molecular complexity index is 1080. The zero-order chi connectivity index (χ0) is 22.1. The number of ether oxygens (including phenoxy) is 1. The molecule has 1 heterocycles. The number of phenolic OH excluding ortho intramolecular Hbond substituents is 1. The monoisotopic (exact) mass is 423 g/mol. The second-order valence-corrected chi connectivity index (χ2v) is 7.38. The summed E-state index contributed by atoms with van der Waals surface area (Å²) in [5, 5.41) is 10.1. The molecule has 0 bridgehead atoms. The SMILES string of the molecule is O=C(COC(=O)c1cc(N2C(=O)[C@H]3CC=CC[C@H]3C2=O)ccc1O)c1ccc(F)cc1. The van der Waals surface area contributed by atoms with E-state index in [1.165, 1.54) is 30.3 Å². The number of benzene rings is 2. The highest BCUT2D eigenvalue weighted by Crippen LogP contribution is 2.38. The van der Waals surface area contributed by atoms with Crippen molar-refractivity contribution in [2.75, 3.05) is 11.5 Å². The number of esters is 1. The largest absolute Gasteiger partial charge is 0.507 e. The molecule has 0 radical (unpaired) electrons. The van der Waals surface area contributed by atoms with Crippen molar-refractivity contribution >= 4 is 29.3 Å². The molecule has 158 valence electrons. The van der Waals surface area contributed by atoms with Gasteiger partial charge >= 0.3 is 5.97 Å². The molecule has 8 heteroatoms. The van der Waals surface area contributed by atoms with Crippen molar-refractivity contribution in [3.8, 4) is 5.75 Å². The van der Waals surface area contributed by atoms with Gasteiger partial charge in [0.1, 0.15) is 17.1 Å². The molecule has 1 aliphatic carbocycles. The Hall–Kier alpha value is -3.81. The summed E-state index contributed by atoms with van der Waals surface area (Å²) >= 11 is 0. The van der Waals surface area contributed by atoms with Crippen LogP contribution in [0, 0.1) is 17.7 Å². The number of anilines is 1. The maximum atomic E-state index is 13.0. The molecule has 7 nitrogen and oxygen atoms in total. The number of carbonyl (C=O) groups is 4. The van der Waals surface area contributed by atoms with Crippen molar-refractivity contribution in [2.45, 2.75) is 12.8 Å². The van der Waals surface area contributed by atoms with Gasteiger partial charge in [0.25, 0.3) is 0 Å². The van der Waals surface area contributed by atoms with Gasteiger partial charge in [0.15, 0.2) is 12.4 Å². The van der Waals surface area contributed by atoms with Crippen molar-refractivity contribution < 1.29 is 33.4 Å². The molecule has 31 heavy (non-hydrogen) atoms. The molecule has 0 unspecified atom stereocenters. The Morgan fingerprint density at radius 2 is 1.61 bits per heavy atom. The fourth-order valence-electron chi connectivity index (χ4n) is 3.81. The van der Waals surface area contributed by atoms with Crippen LogP contribution in [0.1, 0.15) is 33.6 Å². The van der Waals surface area contributed by atoms with Crippen LogP contribution < -0.4 is 4.90 Å². The first-order valence-electron chi connectivity index (χ1n) is 9.68. The molecule has 0 saturated carbocycles. The second kappa shape index (κ2) is 8.14. The number of ketones is 1. The van der Waals surface area contributed by atoms with Crippen LogP contribution in [0.3, 0.4) is 0 Å². The molecule has 0 spiro atoms. The van der Waals surface area contributed by atoms with E-state index in [1.807, 2.05) is 12.2 Å². The van der Waals surface area contributed by atoms with Gasteiger partial charge in [0, 0.05) is 5.56 Å². The van der Waals surface area contributed by atoms with Crippen LogP contribution in [0.2, 0.25) is 0 Å². The Morgan fingerprint density at radius 3 is 2.23 bits per heavy atom. The van der Waals surface area contributed by atoms with E-state index in [2.05, 4.69) is 0 Å². The van der Waals surface area contributed by atoms with Gasteiger partial charge in [-0.3, -0.25) is 19.3 Å². The van der Waals surface area contributed by atoms with Crippen LogP contribution in [-0.2, 0) is 14.3 Å². The van der Waals surface area contributed by atoms with Crippen LogP contribution in [-0.4, -0.2) is 35.3 Å². The number of phenols is 1. The number of hydrogen-bond donors (Lipinski definition) is 1. The molecule has 2 amide bonds. The predicted octanol–water partition coefficient (Wildman–Crippen LogP) is 3.03. The molecule has 0 aromatic heterocycles.